The molecule has 0 aromatic carbocycles. The molecule has 0 aliphatic rings. The maximum atomic E-state index is 3.91. The van der Waals surface area contributed by atoms with Crippen molar-refractivity contribution in [2.24, 2.45) is 0 Å². The van der Waals surface area contributed by atoms with Crippen LogP contribution in [0.15, 0.2) is 0 Å². The number of halogens is 4. The van der Waals surface area contributed by atoms with E-state index in [-0.39, 0.29) is 97.4 Å². The molecule has 0 rings (SSSR count). The van der Waals surface area contributed by atoms with Crippen molar-refractivity contribution in [1.29, 1.82) is 0 Å². The predicted octanol–water partition coefficient (Wildman–Crippen LogP) is -7.13. The fourth-order valence-corrected chi connectivity index (χ4v) is 0.354. The summed E-state index contributed by atoms with van der Waals surface area (Å²) in [5.74, 6) is 0. The van der Waals surface area contributed by atoms with Crippen LogP contribution >= 0.6 is 0 Å². The second-order valence-corrected chi connectivity index (χ2v) is 16.8. The average molecular weight is 638 g/mol. The average Bonchev–Trinajstić information content (AvgIpc) is 1.94. The first-order chi connectivity index (χ1) is 6.91. The molecule has 8 heteroatoms. The zero-order valence-electron chi connectivity index (χ0n) is 15.2. The molecule has 0 saturated carbocycles. The Balaban J connectivity index is -0.0000000145. The van der Waals surface area contributed by atoms with Gasteiger partial charge in [-0.2, -0.15) is 6.42 Å². The van der Waals surface area contributed by atoms with Crippen molar-refractivity contribution >= 4 is 64.0 Å². The Morgan fingerprint density at radius 3 is 0.955 bits per heavy atom. The van der Waals surface area contributed by atoms with Crippen molar-refractivity contribution in [2.45, 2.75) is 65.0 Å². The third kappa shape index (κ3) is 306. The van der Waals surface area contributed by atoms with Crippen LogP contribution in [0, 0.1) is 26.9 Å². The minimum absolute atomic E-state index is 0. The minimum atomic E-state index is -0.861. The molecule has 0 saturated heterocycles. The van der Waals surface area contributed by atoms with E-state index < -0.39 is 16.1 Å². The van der Waals surface area contributed by atoms with Gasteiger partial charge in [-0.1, -0.05) is 58.8 Å². The fraction of sp³-hybridized carbons (Fsp3) is 0.714. The van der Waals surface area contributed by atoms with Crippen molar-refractivity contribution in [3.8, 4) is 0 Å². The Labute approximate surface area is 203 Å². The number of rotatable bonds is 3. The van der Waals surface area contributed by atoms with Crippen LogP contribution in [0.25, 0.3) is 0 Å². The molecular formula is C14H34Cl4Si2Sn2. The van der Waals surface area contributed by atoms with E-state index in [1.54, 1.807) is 0 Å². The molecule has 0 bridgehead atoms. The summed E-state index contributed by atoms with van der Waals surface area (Å²) in [5.41, 5.74) is 0. The van der Waals surface area contributed by atoms with Gasteiger partial charge in [-0.05, 0) is 6.42 Å². The molecule has 0 aliphatic carbocycles. The molecule has 0 fully saturated rings. The van der Waals surface area contributed by atoms with Crippen LogP contribution in [0.1, 0.15) is 25.7 Å². The molecule has 6 radical (unpaired) electrons. The van der Waals surface area contributed by atoms with Gasteiger partial charge in [0.15, 0.2) is 0 Å². The molecular weight excluding hydrogens is 604 g/mol. The zero-order chi connectivity index (χ0) is 13.8. The summed E-state index contributed by atoms with van der Waals surface area (Å²) in [5, 5.41) is 0. The quantitative estimate of drug-likeness (QED) is 0.164. The normalized spacial score (nSPS) is 7.86. The van der Waals surface area contributed by atoms with E-state index in [2.05, 4.69) is 66.2 Å². The second kappa shape index (κ2) is 35.2. The maximum Gasteiger partial charge on any atom is 2.00 e. The molecule has 0 amide bonds. The van der Waals surface area contributed by atoms with E-state index in [1.165, 1.54) is 12.8 Å². The van der Waals surface area contributed by atoms with Crippen molar-refractivity contribution in [2.75, 3.05) is 0 Å². The van der Waals surface area contributed by atoms with Gasteiger partial charge >= 0.3 is 47.8 Å². The Hall–Kier alpha value is 3.06. The molecule has 0 unspecified atom stereocenters. The molecule has 0 aliphatic heterocycles. The fourth-order valence-electron chi connectivity index (χ4n) is 0.354. The molecule has 134 valence electrons. The maximum absolute atomic E-state index is 3.91. The summed E-state index contributed by atoms with van der Waals surface area (Å²) in [6.45, 7) is 28.5. The van der Waals surface area contributed by atoms with Crippen LogP contribution in [0.5, 0.6) is 0 Å². The topological polar surface area (TPSA) is 0 Å². The first kappa shape index (κ1) is 56.2. The van der Waals surface area contributed by atoms with Gasteiger partial charge in [0, 0.05) is 16.1 Å². The van der Waals surface area contributed by atoms with E-state index in [0.29, 0.717) is 0 Å². The van der Waals surface area contributed by atoms with Crippen LogP contribution < -0.4 is 49.6 Å². The predicted molar refractivity (Wildman–Crippen MR) is 98.1 cm³/mol. The Morgan fingerprint density at radius 1 is 0.727 bits per heavy atom. The minimum Gasteiger partial charge on any atom is -1.00 e. The molecule has 0 atom stereocenters. The van der Waals surface area contributed by atoms with Crippen LogP contribution in [0.4, 0.5) is 0 Å². The van der Waals surface area contributed by atoms with Crippen LogP contribution in [-0.4, -0.2) is 64.0 Å². The smallest absolute Gasteiger partial charge is 1.00 e. The molecule has 0 N–H and O–H groups in total. The third-order valence-corrected chi connectivity index (χ3v) is 0.750. The molecule has 0 aromatic rings. The van der Waals surface area contributed by atoms with Gasteiger partial charge in [-0.15, -0.1) is 0 Å². The summed E-state index contributed by atoms with van der Waals surface area (Å²) in [6.07, 6.45) is 4.61. The SMILES string of the molecule is [CH2+]CCCC[CH2-].[CH2][Si](C)(C)C.[CH2][Si](C)(C)C.[Cl-].[Cl-].[Cl-].[Cl-].[Sn+2].[Sn+2]. The van der Waals surface area contributed by atoms with Gasteiger partial charge < -0.3 is 56.6 Å². The molecule has 22 heavy (non-hydrogen) atoms. The number of unbranched alkanes of at least 4 members (excludes halogenated alkanes) is 3. The van der Waals surface area contributed by atoms with E-state index >= 15 is 0 Å². The first-order valence-electron chi connectivity index (χ1n) is 6.21. The van der Waals surface area contributed by atoms with E-state index in [4.69, 9.17) is 0 Å². The summed E-state index contributed by atoms with van der Waals surface area (Å²) in [4.78, 5) is 0. The molecule has 0 spiro atoms. The molecule has 0 nitrogen and oxygen atoms in total. The summed E-state index contributed by atoms with van der Waals surface area (Å²) >= 11 is 0. The van der Waals surface area contributed by atoms with Crippen LogP contribution in [0.3, 0.4) is 0 Å². The number of hydrogen-bond donors (Lipinski definition) is 0. The zero-order valence-corrected chi connectivity index (χ0v) is 25.9. The Morgan fingerprint density at radius 2 is 0.909 bits per heavy atom. The van der Waals surface area contributed by atoms with Gasteiger partial charge in [-0.25, -0.2) is 0 Å². The van der Waals surface area contributed by atoms with Crippen LogP contribution in [0.2, 0.25) is 39.3 Å². The summed E-state index contributed by atoms with van der Waals surface area (Å²) in [7, 11) is -1.72. The molecule has 0 heterocycles. The van der Waals surface area contributed by atoms with Crippen LogP contribution in [-0.2, 0) is 0 Å². The summed E-state index contributed by atoms with van der Waals surface area (Å²) in [6, 6.07) is 0. The van der Waals surface area contributed by atoms with Crippen molar-refractivity contribution in [3.05, 3.63) is 26.9 Å². The third-order valence-electron chi connectivity index (χ3n) is 0.750. The number of hydrogen-bond acceptors (Lipinski definition) is 0. The second-order valence-electron chi connectivity index (χ2n) is 6.54. The van der Waals surface area contributed by atoms with E-state index in [9.17, 15) is 0 Å². The van der Waals surface area contributed by atoms with Gasteiger partial charge in [0.1, 0.15) is 0 Å². The monoisotopic (exact) mass is 638 g/mol. The standard InChI is InChI=1S/C6H12.2C4H11Si.4ClH.2Sn/c1-3-5-6-4-2;2*1-5(2,3)4;;;;;;/h1-6H2;2*1H2,2-4H3;4*1H;;/q;;;;;;;2*+2/p-4. The van der Waals surface area contributed by atoms with Gasteiger partial charge in [-0.3, -0.25) is 0 Å². The Bertz CT molecular complexity index is 114. The largest absolute Gasteiger partial charge is 2.00 e. The summed E-state index contributed by atoms with van der Waals surface area (Å²) < 4.78 is 0. The van der Waals surface area contributed by atoms with Crippen molar-refractivity contribution < 1.29 is 49.6 Å². The van der Waals surface area contributed by atoms with Crippen molar-refractivity contribution in [3.63, 3.8) is 0 Å². The molecule has 0 aromatic heterocycles. The Kier molecular flexibility index (Phi) is 90.0. The first-order valence-corrected chi connectivity index (χ1v) is 13.6. The van der Waals surface area contributed by atoms with Gasteiger partial charge in [0.25, 0.3) is 0 Å². The van der Waals surface area contributed by atoms with E-state index in [0.717, 1.165) is 12.8 Å². The van der Waals surface area contributed by atoms with Crippen molar-refractivity contribution in [1.82, 2.24) is 0 Å². The van der Waals surface area contributed by atoms with Gasteiger partial charge in [0.2, 0.25) is 0 Å². The van der Waals surface area contributed by atoms with Gasteiger partial charge in [0.05, 0.1) is 13.3 Å². The van der Waals surface area contributed by atoms with E-state index in [1.807, 2.05) is 0 Å².